The molecular weight excluding hydrogens is 508 g/mol. The molecule has 2 aromatic carbocycles. The molecule has 1 amide bonds. The quantitative estimate of drug-likeness (QED) is 0.284. The largest absolute Gasteiger partial charge is 0.485 e. The number of carboxylic acid groups (broad SMARTS) is 1. The average Bonchev–Trinajstić information content (AvgIpc) is 3.28. The van der Waals surface area contributed by atoms with Crippen molar-refractivity contribution in [2.24, 2.45) is 5.92 Å². The van der Waals surface area contributed by atoms with Crippen LogP contribution >= 0.6 is 11.3 Å². The summed E-state index contributed by atoms with van der Waals surface area (Å²) < 4.78 is 33.2. The molecule has 206 valence electrons. The average molecular weight is 546 g/mol. The van der Waals surface area contributed by atoms with Gasteiger partial charge in [-0.05, 0) is 73.2 Å². The van der Waals surface area contributed by atoms with Crippen LogP contribution in [-0.4, -0.2) is 23.5 Å². The van der Waals surface area contributed by atoms with Gasteiger partial charge in [0, 0.05) is 23.9 Å². The summed E-state index contributed by atoms with van der Waals surface area (Å²) in [5.74, 6) is -2.65. The van der Waals surface area contributed by atoms with E-state index < -0.39 is 11.9 Å². The summed E-state index contributed by atoms with van der Waals surface area (Å²) in [7, 11) is 0. The summed E-state index contributed by atoms with van der Waals surface area (Å²) in [5, 5.41) is 11.3. The molecule has 0 bridgehead atoms. The Morgan fingerprint density at radius 2 is 1.55 bits per heavy atom. The summed E-state index contributed by atoms with van der Waals surface area (Å²) in [6.45, 7) is 13.2. The highest BCUT2D eigenvalue weighted by Gasteiger charge is 2.24. The number of ether oxygens (including phenoxy) is 1. The van der Waals surface area contributed by atoms with E-state index in [-0.39, 0.29) is 30.5 Å². The molecule has 0 saturated heterocycles. The van der Waals surface area contributed by atoms with E-state index in [1.54, 1.807) is 18.2 Å². The molecule has 0 aliphatic carbocycles. The van der Waals surface area contributed by atoms with Crippen molar-refractivity contribution >= 4 is 23.2 Å². The van der Waals surface area contributed by atoms with Crippen LogP contribution in [0.1, 0.15) is 78.4 Å². The molecule has 0 spiro atoms. The SMILES string of the molecule is CC(C)C.Cc1cc(OC(C)c2ccc(C(=O)NCCC(=O)O)s2)cc(C)c1-c1ccc(C(C)(F)F)cc1. The number of thiophene rings is 1. The Labute approximate surface area is 227 Å². The predicted molar refractivity (Wildman–Crippen MR) is 149 cm³/mol. The lowest BCUT2D eigenvalue weighted by Gasteiger charge is -2.18. The molecule has 1 aromatic heterocycles. The third kappa shape index (κ3) is 9.24. The molecule has 2 N–H and O–H groups in total. The second kappa shape index (κ2) is 13.5. The Morgan fingerprint density at radius 3 is 2.05 bits per heavy atom. The summed E-state index contributed by atoms with van der Waals surface area (Å²) in [6, 6.07) is 13.7. The van der Waals surface area contributed by atoms with Gasteiger partial charge >= 0.3 is 5.97 Å². The fourth-order valence-electron chi connectivity index (χ4n) is 3.70. The first kappa shape index (κ1) is 31.0. The highest BCUT2D eigenvalue weighted by Crippen LogP contribution is 2.35. The molecule has 0 fully saturated rings. The summed E-state index contributed by atoms with van der Waals surface area (Å²) in [4.78, 5) is 24.1. The third-order valence-electron chi connectivity index (χ3n) is 5.38. The molecule has 1 atom stereocenters. The van der Waals surface area contributed by atoms with E-state index in [0.29, 0.717) is 10.6 Å². The first-order valence-corrected chi connectivity index (χ1v) is 13.4. The highest BCUT2D eigenvalue weighted by molar-refractivity contribution is 7.14. The first-order valence-electron chi connectivity index (χ1n) is 12.5. The highest BCUT2D eigenvalue weighted by atomic mass is 32.1. The topological polar surface area (TPSA) is 75.6 Å². The normalized spacial score (nSPS) is 11.9. The van der Waals surface area contributed by atoms with Crippen molar-refractivity contribution < 1.29 is 28.2 Å². The number of amides is 1. The zero-order chi connectivity index (χ0) is 28.6. The smallest absolute Gasteiger partial charge is 0.305 e. The molecule has 0 aliphatic heterocycles. The predicted octanol–water partition coefficient (Wildman–Crippen LogP) is 8.15. The molecule has 3 rings (SSSR count). The minimum atomic E-state index is -2.88. The number of carbonyl (C=O) groups is 2. The van der Waals surface area contributed by atoms with E-state index in [1.807, 2.05) is 39.0 Å². The van der Waals surface area contributed by atoms with Crippen molar-refractivity contribution in [1.82, 2.24) is 5.32 Å². The van der Waals surface area contributed by atoms with Crippen LogP contribution < -0.4 is 10.1 Å². The van der Waals surface area contributed by atoms with Crippen LogP contribution in [0.5, 0.6) is 5.75 Å². The molecule has 1 heterocycles. The summed E-state index contributed by atoms with van der Waals surface area (Å²) in [5.41, 5.74) is 3.74. The number of aryl methyl sites for hydroxylation is 2. The van der Waals surface area contributed by atoms with Crippen molar-refractivity contribution in [2.75, 3.05) is 6.54 Å². The fraction of sp³-hybridized carbons (Fsp3) is 0.400. The van der Waals surface area contributed by atoms with Gasteiger partial charge in [0.1, 0.15) is 11.9 Å². The number of hydrogen-bond donors (Lipinski definition) is 2. The number of halogens is 2. The van der Waals surface area contributed by atoms with Crippen LogP contribution in [0.2, 0.25) is 0 Å². The maximum absolute atomic E-state index is 13.5. The van der Waals surface area contributed by atoms with Gasteiger partial charge in [0.2, 0.25) is 0 Å². The van der Waals surface area contributed by atoms with Gasteiger partial charge in [-0.1, -0.05) is 45.0 Å². The molecule has 0 radical (unpaired) electrons. The molecule has 0 aliphatic rings. The number of aliphatic carboxylic acids is 1. The lowest BCUT2D eigenvalue weighted by molar-refractivity contribution is -0.136. The first-order chi connectivity index (χ1) is 17.7. The molecule has 8 heteroatoms. The maximum atomic E-state index is 13.5. The standard InChI is InChI=1S/C26H27F2NO4S.C4H10/c1-15-13-20(14-16(2)24(15)18-5-7-19(8-6-18)26(4,27)28)33-17(3)21-9-10-22(34-21)25(32)29-12-11-23(30)31;1-4(2)3/h5-10,13-14,17H,11-12H2,1-4H3,(H,29,32)(H,30,31);4H,1-3H3. The van der Waals surface area contributed by atoms with Crippen LogP contribution in [0, 0.1) is 19.8 Å². The lowest BCUT2D eigenvalue weighted by Crippen LogP contribution is -2.25. The molecule has 38 heavy (non-hydrogen) atoms. The fourth-order valence-corrected chi connectivity index (χ4v) is 4.61. The number of hydrogen-bond acceptors (Lipinski definition) is 4. The molecular formula is C30H37F2NO4S. The second-order valence-electron chi connectivity index (χ2n) is 9.99. The number of benzene rings is 2. The van der Waals surface area contributed by atoms with Crippen LogP contribution in [0.15, 0.2) is 48.5 Å². The third-order valence-corrected chi connectivity index (χ3v) is 6.62. The van der Waals surface area contributed by atoms with Gasteiger partial charge in [0.05, 0.1) is 11.3 Å². The van der Waals surface area contributed by atoms with Crippen LogP contribution in [0.25, 0.3) is 11.1 Å². The molecule has 5 nitrogen and oxygen atoms in total. The number of carbonyl (C=O) groups excluding carboxylic acids is 1. The van der Waals surface area contributed by atoms with E-state index >= 15 is 0 Å². The molecule has 0 saturated carbocycles. The molecule has 3 aromatic rings. The minimum Gasteiger partial charge on any atom is -0.485 e. The summed E-state index contributed by atoms with van der Waals surface area (Å²) >= 11 is 1.29. The monoisotopic (exact) mass is 545 g/mol. The summed E-state index contributed by atoms with van der Waals surface area (Å²) in [6.07, 6.45) is -0.436. The number of nitrogens with one attached hydrogen (secondary N) is 1. The van der Waals surface area contributed by atoms with E-state index in [9.17, 15) is 18.4 Å². The zero-order valence-electron chi connectivity index (χ0n) is 23.0. The van der Waals surface area contributed by atoms with E-state index in [2.05, 4.69) is 26.1 Å². The van der Waals surface area contributed by atoms with Crippen molar-refractivity contribution in [3.8, 4) is 16.9 Å². The number of rotatable bonds is 9. The zero-order valence-corrected chi connectivity index (χ0v) is 23.8. The Balaban J connectivity index is 0.00000118. The van der Waals surface area contributed by atoms with Crippen molar-refractivity contribution in [2.45, 2.75) is 66.9 Å². The van der Waals surface area contributed by atoms with Gasteiger partial charge in [-0.25, -0.2) is 8.78 Å². The Kier molecular flexibility index (Phi) is 11.0. The van der Waals surface area contributed by atoms with Crippen molar-refractivity contribution in [1.29, 1.82) is 0 Å². The van der Waals surface area contributed by atoms with Gasteiger partial charge in [-0.2, -0.15) is 0 Å². The van der Waals surface area contributed by atoms with Crippen molar-refractivity contribution in [3.05, 3.63) is 75.0 Å². The van der Waals surface area contributed by atoms with E-state index in [0.717, 1.165) is 40.0 Å². The van der Waals surface area contributed by atoms with Gasteiger partial charge in [0.25, 0.3) is 11.8 Å². The Morgan fingerprint density at radius 1 is 1.00 bits per heavy atom. The minimum absolute atomic E-state index is 0.0220. The van der Waals surface area contributed by atoms with E-state index in [1.165, 1.54) is 23.5 Å². The number of alkyl halides is 2. The van der Waals surface area contributed by atoms with Crippen LogP contribution in [0.4, 0.5) is 8.78 Å². The van der Waals surface area contributed by atoms with Gasteiger partial charge in [0.15, 0.2) is 0 Å². The maximum Gasteiger partial charge on any atom is 0.305 e. The number of carboxylic acids is 1. The molecule has 1 unspecified atom stereocenters. The van der Waals surface area contributed by atoms with Gasteiger partial charge in [-0.15, -0.1) is 11.3 Å². The van der Waals surface area contributed by atoms with Crippen LogP contribution in [-0.2, 0) is 10.7 Å². The Bertz CT molecular complexity index is 1200. The van der Waals surface area contributed by atoms with Gasteiger partial charge < -0.3 is 15.2 Å². The lowest BCUT2D eigenvalue weighted by atomic mass is 9.94. The Hall–Kier alpha value is -3.26. The van der Waals surface area contributed by atoms with Gasteiger partial charge in [-0.3, -0.25) is 9.59 Å². The van der Waals surface area contributed by atoms with Crippen molar-refractivity contribution in [3.63, 3.8) is 0 Å². The second-order valence-corrected chi connectivity index (χ2v) is 11.1. The van der Waals surface area contributed by atoms with Crippen LogP contribution in [0.3, 0.4) is 0 Å². The van der Waals surface area contributed by atoms with E-state index in [4.69, 9.17) is 9.84 Å².